The summed E-state index contributed by atoms with van der Waals surface area (Å²) in [5.41, 5.74) is 3.99. The lowest BCUT2D eigenvalue weighted by atomic mass is 9.99. The Kier molecular flexibility index (Phi) is 5.37. The Morgan fingerprint density at radius 3 is 2.46 bits per heavy atom. The van der Waals surface area contributed by atoms with Gasteiger partial charge < -0.3 is 9.30 Å². The number of hydrogen-bond acceptors (Lipinski definition) is 4. The van der Waals surface area contributed by atoms with Crippen molar-refractivity contribution in [2.45, 2.75) is 13.5 Å². The van der Waals surface area contributed by atoms with E-state index < -0.39 is 0 Å². The smallest absolute Gasteiger partial charge is 0.195 e. The number of benzene rings is 2. The van der Waals surface area contributed by atoms with Gasteiger partial charge in [-0.05, 0) is 13.0 Å². The van der Waals surface area contributed by atoms with E-state index in [1.165, 1.54) is 0 Å². The van der Waals surface area contributed by atoms with E-state index in [9.17, 15) is 9.59 Å². The number of nitrogens with zero attached hydrogens (tertiary/aromatic N) is 2. The van der Waals surface area contributed by atoms with Crippen LogP contribution in [0.5, 0.6) is 0 Å². The maximum Gasteiger partial charge on any atom is 0.195 e. The third-order valence-electron chi connectivity index (χ3n) is 5.51. The second kappa shape index (κ2) is 8.09. The van der Waals surface area contributed by atoms with Gasteiger partial charge in [0.1, 0.15) is 6.29 Å². The predicted molar refractivity (Wildman–Crippen MR) is 109 cm³/mol. The zero-order valence-corrected chi connectivity index (χ0v) is 16.1. The molecule has 0 spiro atoms. The fourth-order valence-electron chi connectivity index (χ4n) is 3.93. The first-order valence-corrected chi connectivity index (χ1v) is 9.67. The molecule has 1 aliphatic heterocycles. The van der Waals surface area contributed by atoms with Crippen LogP contribution in [0.4, 0.5) is 0 Å². The van der Waals surface area contributed by atoms with Crippen molar-refractivity contribution in [1.82, 2.24) is 9.47 Å². The summed E-state index contributed by atoms with van der Waals surface area (Å²) in [5.74, 6) is -0.00345. The van der Waals surface area contributed by atoms with E-state index in [-0.39, 0.29) is 5.78 Å². The molecule has 0 radical (unpaired) electrons. The lowest BCUT2D eigenvalue weighted by Gasteiger charge is -2.27. The van der Waals surface area contributed by atoms with Crippen molar-refractivity contribution in [2.75, 3.05) is 32.8 Å². The summed E-state index contributed by atoms with van der Waals surface area (Å²) in [4.78, 5) is 26.6. The van der Waals surface area contributed by atoms with Crippen LogP contribution in [0.3, 0.4) is 0 Å². The van der Waals surface area contributed by atoms with E-state index in [0.29, 0.717) is 11.1 Å². The van der Waals surface area contributed by atoms with Gasteiger partial charge in [-0.25, -0.2) is 0 Å². The summed E-state index contributed by atoms with van der Waals surface area (Å²) in [6, 6.07) is 14.9. The maximum absolute atomic E-state index is 13.3. The van der Waals surface area contributed by atoms with Crippen molar-refractivity contribution in [3.63, 3.8) is 0 Å². The van der Waals surface area contributed by atoms with Crippen LogP contribution in [0.15, 0.2) is 48.5 Å². The quantitative estimate of drug-likeness (QED) is 0.489. The molecule has 1 saturated heterocycles. The van der Waals surface area contributed by atoms with Crippen molar-refractivity contribution < 1.29 is 14.3 Å². The van der Waals surface area contributed by atoms with Gasteiger partial charge in [0, 0.05) is 53.9 Å². The lowest BCUT2D eigenvalue weighted by molar-refractivity contribution is 0.0365. The monoisotopic (exact) mass is 376 g/mol. The first-order valence-electron chi connectivity index (χ1n) is 9.67. The van der Waals surface area contributed by atoms with Gasteiger partial charge in [0.05, 0.1) is 18.8 Å². The van der Waals surface area contributed by atoms with Gasteiger partial charge in [-0.3, -0.25) is 14.5 Å². The van der Waals surface area contributed by atoms with E-state index in [0.717, 1.165) is 67.8 Å². The number of ketones is 1. The molecular formula is C23H24N2O3. The van der Waals surface area contributed by atoms with Crippen LogP contribution in [0.2, 0.25) is 0 Å². The summed E-state index contributed by atoms with van der Waals surface area (Å²) in [5, 5.41) is 0.978. The number of aromatic nitrogens is 1. The second-order valence-electron chi connectivity index (χ2n) is 7.15. The van der Waals surface area contributed by atoms with E-state index in [1.807, 2.05) is 25.1 Å². The Balaban J connectivity index is 1.68. The summed E-state index contributed by atoms with van der Waals surface area (Å²) < 4.78 is 7.68. The maximum atomic E-state index is 13.3. The van der Waals surface area contributed by atoms with Crippen LogP contribution in [0.1, 0.15) is 32.0 Å². The van der Waals surface area contributed by atoms with Crippen LogP contribution >= 0.6 is 0 Å². The first-order chi connectivity index (χ1) is 13.7. The van der Waals surface area contributed by atoms with Crippen LogP contribution in [0.25, 0.3) is 10.9 Å². The molecule has 1 fully saturated rings. The number of aldehydes is 1. The Bertz CT molecular complexity index is 999. The standard InChI is InChI=1S/C23H24N2O3/c1-17-22(23(27)19-8-6-18(16-26)7-9-19)20-4-2-3-5-21(20)25(17)11-10-24-12-14-28-15-13-24/h2-9,16H,10-15H2,1H3. The first kappa shape index (κ1) is 18.6. The van der Waals surface area contributed by atoms with Crippen LogP contribution in [-0.4, -0.2) is 54.4 Å². The van der Waals surface area contributed by atoms with Crippen LogP contribution < -0.4 is 0 Å². The molecule has 28 heavy (non-hydrogen) atoms. The second-order valence-corrected chi connectivity index (χ2v) is 7.15. The molecule has 0 amide bonds. The molecule has 2 aromatic carbocycles. The zero-order valence-electron chi connectivity index (χ0n) is 16.1. The Morgan fingerprint density at radius 1 is 1.04 bits per heavy atom. The van der Waals surface area contributed by atoms with Gasteiger partial charge in [-0.1, -0.05) is 42.5 Å². The molecule has 5 heteroatoms. The fourth-order valence-corrected chi connectivity index (χ4v) is 3.93. The Labute approximate surface area is 164 Å². The minimum Gasteiger partial charge on any atom is -0.379 e. The number of hydrogen-bond donors (Lipinski definition) is 0. The van der Waals surface area contributed by atoms with Crippen LogP contribution in [-0.2, 0) is 11.3 Å². The van der Waals surface area contributed by atoms with Gasteiger partial charge in [-0.2, -0.15) is 0 Å². The van der Waals surface area contributed by atoms with Gasteiger partial charge >= 0.3 is 0 Å². The third kappa shape index (κ3) is 3.51. The summed E-state index contributed by atoms with van der Waals surface area (Å²) >= 11 is 0. The molecule has 4 rings (SSSR count). The number of rotatable bonds is 6. The summed E-state index contributed by atoms with van der Waals surface area (Å²) in [6.45, 7) is 7.26. The van der Waals surface area contributed by atoms with Crippen molar-refractivity contribution in [3.8, 4) is 0 Å². The van der Waals surface area contributed by atoms with E-state index >= 15 is 0 Å². The Morgan fingerprint density at radius 2 is 1.75 bits per heavy atom. The largest absolute Gasteiger partial charge is 0.379 e. The summed E-state index contributed by atoms with van der Waals surface area (Å²) in [7, 11) is 0. The SMILES string of the molecule is Cc1c(C(=O)c2ccc(C=O)cc2)c2ccccc2n1CCN1CCOCC1. The van der Waals surface area contributed by atoms with Crippen LogP contribution in [0, 0.1) is 6.92 Å². The molecule has 0 saturated carbocycles. The lowest BCUT2D eigenvalue weighted by Crippen LogP contribution is -2.38. The molecular weight excluding hydrogens is 352 g/mol. The molecule has 0 aliphatic carbocycles. The molecule has 5 nitrogen and oxygen atoms in total. The third-order valence-corrected chi connectivity index (χ3v) is 5.51. The average Bonchev–Trinajstić information content (AvgIpc) is 3.03. The highest BCUT2D eigenvalue weighted by Crippen LogP contribution is 2.28. The van der Waals surface area contributed by atoms with Crippen molar-refractivity contribution >= 4 is 23.0 Å². The number of fused-ring (bicyclic) bond motifs is 1. The molecule has 0 N–H and O–H groups in total. The molecule has 0 atom stereocenters. The number of carbonyl (C=O) groups is 2. The zero-order chi connectivity index (χ0) is 19.5. The van der Waals surface area contributed by atoms with E-state index in [4.69, 9.17) is 4.74 Å². The normalized spacial score (nSPS) is 15.0. The molecule has 2 heterocycles. The Hall–Kier alpha value is -2.76. The number of ether oxygens (including phenoxy) is 1. The molecule has 1 aromatic heterocycles. The molecule has 144 valence electrons. The fraction of sp³-hybridized carbons (Fsp3) is 0.304. The van der Waals surface area contributed by atoms with E-state index in [2.05, 4.69) is 15.5 Å². The molecule has 0 bridgehead atoms. The topological polar surface area (TPSA) is 51.5 Å². The minimum absolute atomic E-state index is 0.00345. The van der Waals surface area contributed by atoms with Gasteiger partial charge in [0.15, 0.2) is 5.78 Å². The van der Waals surface area contributed by atoms with Crippen molar-refractivity contribution in [1.29, 1.82) is 0 Å². The van der Waals surface area contributed by atoms with Crippen molar-refractivity contribution in [3.05, 3.63) is 70.9 Å². The molecule has 1 aliphatic rings. The molecule has 0 unspecified atom stereocenters. The van der Waals surface area contributed by atoms with Crippen molar-refractivity contribution in [2.24, 2.45) is 0 Å². The molecule has 3 aromatic rings. The van der Waals surface area contributed by atoms with Gasteiger partial charge in [0.25, 0.3) is 0 Å². The predicted octanol–water partition coefficient (Wildman–Crippen LogP) is 3.33. The number of carbonyl (C=O) groups excluding carboxylic acids is 2. The number of para-hydroxylation sites is 1. The number of morpholine rings is 1. The minimum atomic E-state index is -0.00345. The highest BCUT2D eigenvalue weighted by atomic mass is 16.5. The highest BCUT2D eigenvalue weighted by molar-refractivity contribution is 6.17. The average molecular weight is 376 g/mol. The van der Waals surface area contributed by atoms with Gasteiger partial charge in [-0.15, -0.1) is 0 Å². The highest BCUT2D eigenvalue weighted by Gasteiger charge is 2.21. The van der Waals surface area contributed by atoms with Gasteiger partial charge in [0.2, 0.25) is 0 Å². The summed E-state index contributed by atoms with van der Waals surface area (Å²) in [6.07, 6.45) is 0.789. The van der Waals surface area contributed by atoms with E-state index in [1.54, 1.807) is 24.3 Å².